The van der Waals surface area contributed by atoms with E-state index in [9.17, 15) is 8.78 Å². The van der Waals surface area contributed by atoms with E-state index in [-0.39, 0.29) is 11.7 Å². The van der Waals surface area contributed by atoms with E-state index < -0.39 is 11.6 Å². The summed E-state index contributed by atoms with van der Waals surface area (Å²) in [6, 6.07) is 7.73. The van der Waals surface area contributed by atoms with Crippen molar-refractivity contribution in [1.82, 2.24) is 10.6 Å². The summed E-state index contributed by atoms with van der Waals surface area (Å²) >= 11 is 0. The number of benzene rings is 1. The van der Waals surface area contributed by atoms with Crippen LogP contribution in [0, 0.1) is 11.6 Å². The van der Waals surface area contributed by atoms with E-state index in [4.69, 9.17) is 9.15 Å². The van der Waals surface area contributed by atoms with Gasteiger partial charge in [0.15, 0.2) is 5.96 Å². The Morgan fingerprint density at radius 2 is 2.11 bits per heavy atom. The maximum absolute atomic E-state index is 14.0. The molecule has 1 fully saturated rings. The predicted octanol–water partition coefficient (Wildman–Crippen LogP) is 2.91. The highest BCUT2D eigenvalue weighted by molar-refractivity contribution is 5.80. The third kappa shape index (κ3) is 5.45. The topological polar surface area (TPSA) is 62.0 Å². The average molecular weight is 392 g/mol. The molecule has 1 saturated heterocycles. The van der Waals surface area contributed by atoms with Crippen molar-refractivity contribution in [3.05, 3.63) is 54.0 Å². The molecular weight excluding hydrogens is 366 g/mol. The number of halogens is 2. The largest absolute Gasteiger partial charge is 0.467 e. The molecule has 2 heterocycles. The van der Waals surface area contributed by atoms with Crippen LogP contribution in [0.25, 0.3) is 0 Å². The molecule has 1 atom stereocenters. The standard InChI is InChI=1S/C20H26F2N4O2/c1-23-20(24-9-4-11-27-14-16-5-3-12-28-16)25-15-8-10-26(13-15)19-17(21)6-2-7-18(19)22/h2-3,5-7,12,15H,4,8-11,13-14H2,1H3,(H2,23,24,25). The molecule has 1 aliphatic heterocycles. The number of furan rings is 1. The number of hydrogen-bond acceptors (Lipinski definition) is 4. The summed E-state index contributed by atoms with van der Waals surface area (Å²) in [7, 11) is 1.70. The van der Waals surface area contributed by atoms with Gasteiger partial charge in [0.25, 0.3) is 0 Å². The van der Waals surface area contributed by atoms with Gasteiger partial charge in [0.2, 0.25) is 0 Å². The first-order valence-electron chi connectivity index (χ1n) is 9.43. The number of hydrogen-bond donors (Lipinski definition) is 2. The smallest absolute Gasteiger partial charge is 0.191 e. The first kappa shape index (κ1) is 20.1. The summed E-state index contributed by atoms with van der Waals surface area (Å²) < 4.78 is 38.7. The molecule has 1 aromatic carbocycles. The molecular formula is C20H26F2N4O2. The molecule has 1 aromatic heterocycles. The summed E-state index contributed by atoms with van der Waals surface area (Å²) in [4.78, 5) is 5.95. The van der Waals surface area contributed by atoms with Crippen LogP contribution in [-0.4, -0.2) is 45.3 Å². The Balaban J connectivity index is 1.37. The van der Waals surface area contributed by atoms with Gasteiger partial charge < -0.3 is 24.7 Å². The molecule has 0 aliphatic carbocycles. The Kier molecular flexibility index (Phi) is 7.25. The van der Waals surface area contributed by atoms with E-state index in [1.807, 2.05) is 12.1 Å². The van der Waals surface area contributed by atoms with Gasteiger partial charge in [0.1, 0.15) is 29.7 Å². The van der Waals surface area contributed by atoms with Crippen LogP contribution in [0.2, 0.25) is 0 Å². The molecule has 8 heteroatoms. The van der Waals surface area contributed by atoms with Gasteiger partial charge in [-0.05, 0) is 37.1 Å². The van der Waals surface area contributed by atoms with Crippen LogP contribution in [0.15, 0.2) is 46.0 Å². The van der Waals surface area contributed by atoms with Crippen molar-refractivity contribution < 1.29 is 17.9 Å². The summed E-state index contributed by atoms with van der Waals surface area (Å²) in [5.41, 5.74) is 0.0449. The minimum absolute atomic E-state index is 0.0449. The molecule has 6 nitrogen and oxygen atoms in total. The highest BCUT2D eigenvalue weighted by Crippen LogP contribution is 2.26. The van der Waals surface area contributed by atoms with Gasteiger partial charge in [-0.2, -0.15) is 0 Å². The first-order valence-corrected chi connectivity index (χ1v) is 9.43. The van der Waals surface area contributed by atoms with Gasteiger partial charge >= 0.3 is 0 Å². The number of guanidine groups is 1. The predicted molar refractivity (Wildman–Crippen MR) is 104 cm³/mol. The number of nitrogens with zero attached hydrogens (tertiary/aromatic N) is 2. The Bertz CT molecular complexity index is 747. The van der Waals surface area contributed by atoms with E-state index in [0.717, 1.165) is 18.6 Å². The summed E-state index contributed by atoms with van der Waals surface area (Å²) in [6.07, 6.45) is 3.22. The Labute approximate surface area is 163 Å². The van der Waals surface area contributed by atoms with Gasteiger partial charge in [-0.3, -0.25) is 4.99 Å². The lowest BCUT2D eigenvalue weighted by molar-refractivity contribution is 0.105. The number of para-hydroxylation sites is 1. The van der Waals surface area contributed by atoms with Crippen LogP contribution in [-0.2, 0) is 11.3 Å². The zero-order valence-electron chi connectivity index (χ0n) is 16.0. The second-order valence-corrected chi connectivity index (χ2v) is 6.63. The second-order valence-electron chi connectivity index (χ2n) is 6.63. The summed E-state index contributed by atoms with van der Waals surface area (Å²) in [5.74, 6) is 0.421. The second kappa shape index (κ2) is 10.1. The number of nitrogens with one attached hydrogen (secondary N) is 2. The Hall–Kier alpha value is -2.61. The van der Waals surface area contributed by atoms with E-state index >= 15 is 0 Å². The molecule has 3 rings (SSSR count). The van der Waals surface area contributed by atoms with E-state index in [2.05, 4.69) is 15.6 Å². The van der Waals surface area contributed by atoms with Crippen LogP contribution < -0.4 is 15.5 Å². The molecule has 0 radical (unpaired) electrons. The molecule has 0 spiro atoms. The van der Waals surface area contributed by atoms with Crippen molar-refractivity contribution in [3.8, 4) is 0 Å². The molecule has 0 amide bonds. The fraction of sp³-hybridized carbons (Fsp3) is 0.450. The third-order valence-electron chi connectivity index (χ3n) is 4.59. The normalized spacial score (nSPS) is 17.2. The highest BCUT2D eigenvalue weighted by atomic mass is 19.1. The lowest BCUT2D eigenvalue weighted by Crippen LogP contribution is -2.45. The molecule has 1 unspecified atom stereocenters. The number of rotatable bonds is 8. The van der Waals surface area contributed by atoms with Gasteiger partial charge in [-0.1, -0.05) is 6.07 Å². The van der Waals surface area contributed by atoms with Crippen molar-refractivity contribution in [2.45, 2.75) is 25.5 Å². The van der Waals surface area contributed by atoms with Crippen molar-refractivity contribution in [3.63, 3.8) is 0 Å². The molecule has 1 aliphatic rings. The molecule has 2 aromatic rings. The summed E-state index contributed by atoms with van der Waals surface area (Å²) in [5, 5.41) is 6.55. The third-order valence-corrected chi connectivity index (χ3v) is 4.59. The highest BCUT2D eigenvalue weighted by Gasteiger charge is 2.27. The van der Waals surface area contributed by atoms with Crippen molar-refractivity contribution >= 4 is 11.6 Å². The maximum Gasteiger partial charge on any atom is 0.191 e. The van der Waals surface area contributed by atoms with E-state index in [1.54, 1.807) is 18.2 Å². The van der Waals surface area contributed by atoms with Crippen LogP contribution in [0.4, 0.5) is 14.5 Å². The number of aliphatic imine (C=N–C) groups is 1. The molecule has 0 bridgehead atoms. The van der Waals surface area contributed by atoms with Crippen LogP contribution in [0.3, 0.4) is 0 Å². The maximum atomic E-state index is 14.0. The quantitative estimate of drug-likeness (QED) is 0.411. The fourth-order valence-electron chi connectivity index (χ4n) is 3.21. The van der Waals surface area contributed by atoms with Gasteiger partial charge in [-0.25, -0.2) is 8.78 Å². The monoisotopic (exact) mass is 392 g/mol. The van der Waals surface area contributed by atoms with Gasteiger partial charge in [0, 0.05) is 39.3 Å². The minimum atomic E-state index is -0.530. The minimum Gasteiger partial charge on any atom is -0.467 e. The van der Waals surface area contributed by atoms with Crippen molar-refractivity contribution in [2.24, 2.45) is 4.99 Å². The van der Waals surface area contributed by atoms with Crippen molar-refractivity contribution in [2.75, 3.05) is 38.2 Å². The van der Waals surface area contributed by atoms with E-state index in [0.29, 0.717) is 38.8 Å². The molecule has 28 heavy (non-hydrogen) atoms. The average Bonchev–Trinajstić information content (AvgIpc) is 3.35. The summed E-state index contributed by atoms with van der Waals surface area (Å²) in [6.45, 7) is 2.88. The molecule has 152 valence electrons. The fourth-order valence-corrected chi connectivity index (χ4v) is 3.21. The van der Waals surface area contributed by atoms with E-state index in [1.165, 1.54) is 18.2 Å². The lowest BCUT2D eigenvalue weighted by atomic mass is 10.2. The number of ether oxygens (including phenoxy) is 1. The Morgan fingerprint density at radius 1 is 1.29 bits per heavy atom. The molecule has 0 saturated carbocycles. The van der Waals surface area contributed by atoms with Crippen LogP contribution in [0.5, 0.6) is 0 Å². The molecule has 2 N–H and O–H groups in total. The van der Waals surface area contributed by atoms with Gasteiger partial charge in [0.05, 0.1) is 6.26 Å². The van der Waals surface area contributed by atoms with Crippen LogP contribution in [0.1, 0.15) is 18.6 Å². The zero-order valence-corrected chi connectivity index (χ0v) is 16.0. The number of anilines is 1. The van der Waals surface area contributed by atoms with Crippen LogP contribution >= 0.6 is 0 Å². The van der Waals surface area contributed by atoms with Crippen molar-refractivity contribution in [1.29, 1.82) is 0 Å². The SMILES string of the molecule is CN=C(NCCCOCc1ccco1)NC1CCN(c2c(F)cccc2F)C1. The first-order chi connectivity index (χ1) is 13.7. The zero-order chi connectivity index (χ0) is 19.8. The van der Waals surface area contributed by atoms with Gasteiger partial charge in [-0.15, -0.1) is 0 Å². The Morgan fingerprint density at radius 3 is 2.82 bits per heavy atom. The lowest BCUT2D eigenvalue weighted by Gasteiger charge is -2.21.